The highest BCUT2D eigenvalue weighted by atomic mass is 79.9. The Hall–Kier alpha value is -1.85. The molecule has 0 aliphatic heterocycles. The van der Waals surface area contributed by atoms with Crippen LogP contribution in [0, 0.1) is 0 Å². The topological polar surface area (TPSA) is 48.2 Å². The van der Waals surface area contributed by atoms with Crippen LogP contribution >= 0.6 is 27.5 Å². The molecule has 4 nitrogen and oxygen atoms in total. The number of rotatable bonds is 4. The SMILES string of the molecule is CC(C)(Oc1ccc(Cl)cc1)c1nnc(-c2ccccc2Br)o1. The molecular formula is C17H14BrClN2O2. The van der Waals surface area contributed by atoms with Crippen molar-refractivity contribution in [1.82, 2.24) is 10.2 Å². The van der Waals surface area contributed by atoms with Crippen LogP contribution in [0.25, 0.3) is 11.5 Å². The molecule has 0 unspecified atom stereocenters. The van der Waals surface area contributed by atoms with E-state index in [1.54, 1.807) is 24.3 Å². The van der Waals surface area contributed by atoms with Crippen LogP contribution in [-0.2, 0) is 5.60 Å². The van der Waals surface area contributed by atoms with Crippen molar-refractivity contribution < 1.29 is 9.15 Å². The number of ether oxygens (including phenoxy) is 1. The van der Waals surface area contributed by atoms with Gasteiger partial charge in [-0.3, -0.25) is 0 Å². The predicted octanol–water partition coefficient (Wildman–Crippen LogP) is 5.47. The van der Waals surface area contributed by atoms with E-state index in [0.29, 0.717) is 22.6 Å². The number of aromatic nitrogens is 2. The fraction of sp³-hybridized carbons (Fsp3) is 0.176. The van der Waals surface area contributed by atoms with Crippen LogP contribution in [0.3, 0.4) is 0 Å². The van der Waals surface area contributed by atoms with Crippen molar-refractivity contribution in [2.75, 3.05) is 0 Å². The zero-order chi connectivity index (χ0) is 16.4. The van der Waals surface area contributed by atoms with Gasteiger partial charge in [-0.15, -0.1) is 10.2 Å². The van der Waals surface area contributed by atoms with Crippen LogP contribution in [0.5, 0.6) is 5.75 Å². The van der Waals surface area contributed by atoms with E-state index in [9.17, 15) is 0 Å². The molecular weight excluding hydrogens is 380 g/mol. The fourth-order valence-electron chi connectivity index (χ4n) is 2.05. The van der Waals surface area contributed by atoms with Gasteiger partial charge in [0.05, 0.1) is 5.56 Å². The molecule has 0 fully saturated rings. The summed E-state index contributed by atoms with van der Waals surface area (Å²) in [5.41, 5.74) is 0.0777. The number of hydrogen-bond acceptors (Lipinski definition) is 4. The van der Waals surface area contributed by atoms with Gasteiger partial charge in [0.25, 0.3) is 5.89 Å². The first kappa shape index (κ1) is 16.0. The van der Waals surface area contributed by atoms with Gasteiger partial charge in [0, 0.05) is 9.50 Å². The normalized spacial score (nSPS) is 11.5. The Bertz CT molecular complexity index is 815. The maximum absolute atomic E-state index is 5.96. The molecule has 1 aromatic heterocycles. The molecule has 2 aromatic carbocycles. The molecule has 0 radical (unpaired) electrons. The lowest BCUT2D eigenvalue weighted by Crippen LogP contribution is -2.25. The maximum Gasteiger partial charge on any atom is 0.259 e. The van der Waals surface area contributed by atoms with Crippen molar-refractivity contribution in [2.24, 2.45) is 0 Å². The van der Waals surface area contributed by atoms with Crippen LogP contribution in [0.15, 0.2) is 57.4 Å². The summed E-state index contributed by atoms with van der Waals surface area (Å²) in [5.74, 6) is 1.53. The van der Waals surface area contributed by atoms with Gasteiger partial charge < -0.3 is 9.15 Å². The first-order chi connectivity index (χ1) is 11.0. The summed E-state index contributed by atoms with van der Waals surface area (Å²) < 4.78 is 12.7. The third-order valence-electron chi connectivity index (χ3n) is 3.23. The molecule has 3 rings (SSSR count). The van der Waals surface area contributed by atoms with E-state index in [-0.39, 0.29) is 0 Å². The smallest absolute Gasteiger partial charge is 0.259 e. The second-order valence-corrected chi connectivity index (χ2v) is 6.75. The van der Waals surface area contributed by atoms with Crippen molar-refractivity contribution in [3.63, 3.8) is 0 Å². The molecule has 0 amide bonds. The Morgan fingerprint density at radius 2 is 1.74 bits per heavy atom. The molecule has 1 heterocycles. The Balaban J connectivity index is 1.86. The molecule has 0 aliphatic rings. The lowest BCUT2D eigenvalue weighted by atomic mass is 10.1. The zero-order valence-corrected chi connectivity index (χ0v) is 14.9. The summed E-state index contributed by atoms with van der Waals surface area (Å²) in [7, 11) is 0. The second kappa shape index (κ2) is 6.34. The van der Waals surface area contributed by atoms with Crippen LogP contribution in [0.2, 0.25) is 5.02 Å². The number of hydrogen-bond donors (Lipinski definition) is 0. The Labute approximate surface area is 147 Å². The van der Waals surface area contributed by atoms with E-state index in [0.717, 1.165) is 10.0 Å². The van der Waals surface area contributed by atoms with Crippen LogP contribution in [0.4, 0.5) is 0 Å². The molecule has 0 aliphatic carbocycles. The van der Waals surface area contributed by atoms with E-state index >= 15 is 0 Å². The summed E-state index contributed by atoms with van der Waals surface area (Å²) in [4.78, 5) is 0. The number of nitrogens with zero attached hydrogens (tertiary/aromatic N) is 2. The highest BCUT2D eigenvalue weighted by molar-refractivity contribution is 9.10. The maximum atomic E-state index is 5.96. The third kappa shape index (κ3) is 3.57. The molecule has 3 aromatic rings. The van der Waals surface area contributed by atoms with Crippen LogP contribution in [0.1, 0.15) is 19.7 Å². The molecule has 0 atom stereocenters. The molecule has 0 saturated heterocycles. The van der Waals surface area contributed by atoms with Gasteiger partial charge in [0.15, 0.2) is 5.60 Å². The van der Waals surface area contributed by atoms with E-state index < -0.39 is 5.60 Å². The van der Waals surface area contributed by atoms with E-state index in [1.165, 1.54) is 0 Å². The average molecular weight is 394 g/mol. The summed E-state index contributed by atoms with van der Waals surface area (Å²) in [6, 6.07) is 14.8. The second-order valence-electron chi connectivity index (χ2n) is 5.46. The van der Waals surface area contributed by atoms with Crippen molar-refractivity contribution in [1.29, 1.82) is 0 Å². The Kier molecular flexibility index (Phi) is 4.41. The Morgan fingerprint density at radius 1 is 1.04 bits per heavy atom. The minimum atomic E-state index is -0.764. The standard InChI is InChI=1S/C17H14BrClN2O2/c1-17(2,23-12-9-7-11(19)8-10-12)16-21-20-15(22-16)13-5-3-4-6-14(13)18/h3-10H,1-2H3. The lowest BCUT2D eigenvalue weighted by Gasteiger charge is -2.22. The molecule has 23 heavy (non-hydrogen) atoms. The predicted molar refractivity (Wildman–Crippen MR) is 92.5 cm³/mol. The third-order valence-corrected chi connectivity index (χ3v) is 4.17. The number of benzene rings is 2. The van der Waals surface area contributed by atoms with Crippen molar-refractivity contribution >= 4 is 27.5 Å². The minimum absolute atomic E-state index is 0.401. The van der Waals surface area contributed by atoms with Gasteiger partial charge in [-0.25, -0.2) is 0 Å². The first-order valence-electron chi connectivity index (χ1n) is 6.99. The monoisotopic (exact) mass is 392 g/mol. The van der Waals surface area contributed by atoms with Gasteiger partial charge in [0.1, 0.15) is 5.75 Å². The largest absolute Gasteiger partial charge is 0.478 e. The highest BCUT2D eigenvalue weighted by Crippen LogP contribution is 2.32. The van der Waals surface area contributed by atoms with Gasteiger partial charge in [0.2, 0.25) is 5.89 Å². The summed E-state index contributed by atoms with van der Waals surface area (Å²) in [6.07, 6.45) is 0. The fourth-order valence-corrected chi connectivity index (χ4v) is 2.63. The molecule has 0 saturated carbocycles. The molecule has 6 heteroatoms. The van der Waals surface area contributed by atoms with E-state index in [1.807, 2.05) is 38.1 Å². The summed E-state index contributed by atoms with van der Waals surface area (Å²) >= 11 is 9.37. The summed E-state index contributed by atoms with van der Waals surface area (Å²) in [6.45, 7) is 3.75. The average Bonchev–Trinajstić information content (AvgIpc) is 3.00. The molecule has 0 bridgehead atoms. The molecule has 0 spiro atoms. The van der Waals surface area contributed by atoms with Gasteiger partial charge in [-0.1, -0.05) is 23.7 Å². The minimum Gasteiger partial charge on any atom is -0.478 e. The lowest BCUT2D eigenvalue weighted by molar-refractivity contribution is 0.0770. The van der Waals surface area contributed by atoms with Crippen molar-refractivity contribution in [3.05, 3.63) is 63.9 Å². The highest BCUT2D eigenvalue weighted by Gasteiger charge is 2.30. The zero-order valence-electron chi connectivity index (χ0n) is 12.6. The quantitative estimate of drug-likeness (QED) is 0.590. The van der Waals surface area contributed by atoms with Gasteiger partial charge in [-0.05, 0) is 66.2 Å². The van der Waals surface area contributed by atoms with Crippen LogP contribution < -0.4 is 4.74 Å². The number of halogens is 2. The van der Waals surface area contributed by atoms with E-state index in [2.05, 4.69) is 26.1 Å². The summed E-state index contributed by atoms with van der Waals surface area (Å²) in [5, 5.41) is 8.91. The van der Waals surface area contributed by atoms with Gasteiger partial charge >= 0.3 is 0 Å². The van der Waals surface area contributed by atoms with Crippen LogP contribution in [-0.4, -0.2) is 10.2 Å². The molecule has 118 valence electrons. The van der Waals surface area contributed by atoms with Gasteiger partial charge in [-0.2, -0.15) is 0 Å². The van der Waals surface area contributed by atoms with Crippen molar-refractivity contribution in [3.8, 4) is 17.2 Å². The van der Waals surface area contributed by atoms with E-state index in [4.69, 9.17) is 20.8 Å². The van der Waals surface area contributed by atoms with Crippen molar-refractivity contribution in [2.45, 2.75) is 19.4 Å². The first-order valence-corrected chi connectivity index (χ1v) is 8.16. The Morgan fingerprint density at radius 3 is 2.43 bits per heavy atom. The molecule has 0 N–H and O–H groups in total.